The first-order valence-corrected chi connectivity index (χ1v) is 6.67. The Morgan fingerprint density at radius 2 is 1.81 bits per heavy atom. The molecule has 21 heavy (non-hydrogen) atoms. The molecule has 0 saturated heterocycles. The molecule has 0 amide bonds. The van der Waals surface area contributed by atoms with Crippen molar-refractivity contribution in [2.24, 2.45) is 0 Å². The number of benzene rings is 2. The molecular formula is C17H15FN2O. The van der Waals surface area contributed by atoms with E-state index in [0.29, 0.717) is 12.4 Å². The number of nitrogens with one attached hydrogen (secondary N) is 1. The summed E-state index contributed by atoms with van der Waals surface area (Å²) in [4.78, 5) is 7.83. The first kappa shape index (κ1) is 13.5. The lowest BCUT2D eigenvalue weighted by atomic mass is 10.1. The van der Waals surface area contributed by atoms with Gasteiger partial charge in [0.15, 0.2) is 0 Å². The van der Waals surface area contributed by atoms with E-state index in [1.807, 2.05) is 36.4 Å². The smallest absolute Gasteiger partial charge is 0.138 e. The maximum atomic E-state index is 13.4. The van der Waals surface area contributed by atoms with Crippen molar-refractivity contribution < 1.29 is 9.13 Å². The zero-order chi connectivity index (χ0) is 14.7. The molecule has 3 rings (SSSR count). The highest BCUT2D eigenvalue weighted by Crippen LogP contribution is 2.26. The fourth-order valence-electron chi connectivity index (χ4n) is 2.27. The van der Waals surface area contributed by atoms with E-state index >= 15 is 0 Å². The van der Waals surface area contributed by atoms with Crippen molar-refractivity contribution in [3.8, 4) is 22.6 Å². The molecule has 0 unspecified atom stereocenters. The summed E-state index contributed by atoms with van der Waals surface area (Å²) in [6.07, 6.45) is 0. The molecule has 1 heterocycles. The third kappa shape index (κ3) is 2.85. The third-order valence-electron chi connectivity index (χ3n) is 3.21. The minimum atomic E-state index is -0.279. The summed E-state index contributed by atoms with van der Waals surface area (Å²) < 4.78 is 18.6. The number of hydrogen-bond acceptors (Lipinski definition) is 2. The van der Waals surface area contributed by atoms with Crippen LogP contribution in [0.25, 0.3) is 22.6 Å². The van der Waals surface area contributed by atoms with Crippen LogP contribution in [0.4, 0.5) is 4.39 Å². The Morgan fingerprint density at radius 3 is 2.52 bits per heavy atom. The van der Waals surface area contributed by atoms with E-state index in [2.05, 4.69) is 9.97 Å². The average Bonchev–Trinajstić information content (AvgIpc) is 2.93. The maximum Gasteiger partial charge on any atom is 0.138 e. The first-order valence-electron chi connectivity index (χ1n) is 6.67. The van der Waals surface area contributed by atoms with Crippen LogP contribution >= 0.6 is 0 Å². The number of halogens is 1. The molecule has 0 bridgehead atoms. The lowest BCUT2D eigenvalue weighted by Gasteiger charge is -2.00. The van der Waals surface area contributed by atoms with Gasteiger partial charge in [-0.3, -0.25) is 0 Å². The predicted octanol–water partition coefficient (Wildman–Crippen LogP) is 4.03. The Morgan fingerprint density at radius 1 is 1.05 bits per heavy atom. The molecule has 0 atom stereocenters. The molecule has 0 aliphatic rings. The summed E-state index contributed by atoms with van der Waals surface area (Å²) in [5, 5.41) is 0. The number of rotatable bonds is 4. The second-order valence-corrected chi connectivity index (χ2v) is 4.72. The van der Waals surface area contributed by atoms with Gasteiger partial charge in [-0.1, -0.05) is 42.5 Å². The molecule has 106 valence electrons. The minimum Gasteiger partial charge on any atom is -0.378 e. The van der Waals surface area contributed by atoms with Gasteiger partial charge in [0.05, 0.1) is 18.0 Å². The molecule has 3 aromatic rings. The van der Waals surface area contributed by atoms with Gasteiger partial charge in [0.25, 0.3) is 0 Å². The van der Waals surface area contributed by atoms with Gasteiger partial charge >= 0.3 is 0 Å². The van der Waals surface area contributed by atoms with Crippen LogP contribution in [-0.2, 0) is 11.3 Å². The molecule has 0 spiro atoms. The highest BCUT2D eigenvalue weighted by atomic mass is 19.1. The normalized spacial score (nSPS) is 10.8. The highest BCUT2D eigenvalue weighted by Gasteiger charge is 2.13. The van der Waals surface area contributed by atoms with Crippen LogP contribution in [0.2, 0.25) is 0 Å². The summed E-state index contributed by atoms with van der Waals surface area (Å²) in [5.41, 5.74) is 3.43. The Kier molecular flexibility index (Phi) is 3.79. The first-order chi connectivity index (χ1) is 10.3. The van der Waals surface area contributed by atoms with Crippen LogP contribution in [0, 0.1) is 5.82 Å². The molecular weight excluding hydrogens is 267 g/mol. The van der Waals surface area contributed by atoms with Crippen LogP contribution in [0.3, 0.4) is 0 Å². The number of hydrogen-bond donors (Lipinski definition) is 1. The monoisotopic (exact) mass is 282 g/mol. The molecule has 0 saturated carbocycles. The van der Waals surface area contributed by atoms with Crippen molar-refractivity contribution in [1.82, 2.24) is 9.97 Å². The zero-order valence-corrected chi connectivity index (χ0v) is 11.6. The van der Waals surface area contributed by atoms with Gasteiger partial charge in [-0.05, 0) is 12.1 Å². The molecule has 2 aromatic carbocycles. The van der Waals surface area contributed by atoms with Crippen LogP contribution in [0.15, 0.2) is 54.6 Å². The van der Waals surface area contributed by atoms with Crippen LogP contribution in [0.1, 0.15) is 5.69 Å². The lowest BCUT2D eigenvalue weighted by molar-refractivity contribution is 0.182. The van der Waals surface area contributed by atoms with Gasteiger partial charge in [0.1, 0.15) is 11.6 Å². The van der Waals surface area contributed by atoms with Gasteiger partial charge in [-0.15, -0.1) is 0 Å². The highest BCUT2D eigenvalue weighted by molar-refractivity contribution is 5.67. The van der Waals surface area contributed by atoms with Crippen molar-refractivity contribution in [2.75, 3.05) is 7.11 Å². The summed E-state index contributed by atoms with van der Waals surface area (Å²) in [6, 6.07) is 16.2. The Bertz CT molecular complexity index is 738. The Balaban J connectivity index is 2.08. The van der Waals surface area contributed by atoms with Crippen molar-refractivity contribution in [3.05, 3.63) is 66.1 Å². The Labute approximate surface area is 122 Å². The van der Waals surface area contributed by atoms with Gasteiger partial charge in [0.2, 0.25) is 0 Å². The van der Waals surface area contributed by atoms with E-state index in [9.17, 15) is 4.39 Å². The van der Waals surface area contributed by atoms with E-state index in [1.54, 1.807) is 13.2 Å². The molecule has 1 N–H and O–H groups in total. The van der Waals surface area contributed by atoms with Gasteiger partial charge in [-0.2, -0.15) is 0 Å². The SMILES string of the molecule is COCc1[nH]c(-c2cccc(F)c2)nc1-c1ccccc1. The third-order valence-corrected chi connectivity index (χ3v) is 3.21. The quantitative estimate of drug-likeness (QED) is 0.784. The van der Waals surface area contributed by atoms with Gasteiger partial charge in [-0.25, -0.2) is 9.37 Å². The van der Waals surface area contributed by atoms with E-state index < -0.39 is 0 Å². The average molecular weight is 282 g/mol. The van der Waals surface area contributed by atoms with Crippen LogP contribution in [0.5, 0.6) is 0 Å². The van der Waals surface area contributed by atoms with Gasteiger partial charge in [0, 0.05) is 18.2 Å². The molecule has 1 aromatic heterocycles. The summed E-state index contributed by atoms with van der Waals surface area (Å²) >= 11 is 0. The number of ether oxygens (including phenoxy) is 1. The number of aromatic nitrogens is 2. The molecule has 0 radical (unpaired) electrons. The van der Waals surface area contributed by atoms with E-state index in [1.165, 1.54) is 12.1 Å². The summed E-state index contributed by atoms with van der Waals surface area (Å²) in [5.74, 6) is 0.360. The molecule has 3 nitrogen and oxygen atoms in total. The summed E-state index contributed by atoms with van der Waals surface area (Å²) in [6.45, 7) is 0.423. The van der Waals surface area contributed by atoms with Crippen molar-refractivity contribution in [1.29, 1.82) is 0 Å². The van der Waals surface area contributed by atoms with Crippen LogP contribution in [-0.4, -0.2) is 17.1 Å². The number of H-pyrrole nitrogens is 1. The Hall–Kier alpha value is -2.46. The number of aromatic amines is 1. The standard InChI is InChI=1S/C17H15FN2O/c1-21-11-15-16(12-6-3-2-4-7-12)20-17(19-15)13-8-5-9-14(18)10-13/h2-10H,11H2,1H3,(H,19,20). The van der Waals surface area contributed by atoms with Crippen LogP contribution < -0.4 is 0 Å². The predicted molar refractivity (Wildman–Crippen MR) is 80.1 cm³/mol. The van der Waals surface area contributed by atoms with E-state index in [-0.39, 0.29) is 5.82 Å². The molecule has 4 heteroatoms. The zero-order valence-electron chi connectivity index (χ0n) is 11.6. The fourth-order valence-corrected chi connectivity index (χ4v) is 2.27. The van der Waals surface area contributed by atoms with Gasteiger partial charge < -0.3 is 9.72 Å². The topological polar surface area (TPSA) is 37.9 Å². The second kappa shape index (κ2) is 5.89. The number of nitrogens with zero attached hydrogens (tertiary/aromatic N) is 1. The maximum absolute atomic E-state index is 13.4. The van der Waals surface area contributed by atoms with Crippen molar-refractivity contribution >= 4 is 0 Å². The fraction of sp³-hybridized carbons (Fsp3) is 0.118. The minimum absolute atomic E-state index is 0.279. The lowest BCUT2D eigenvalue weighted by Crippen LogP contribution is -1.91. The van der Waals surface area contributed by atoms with Crippen molar-refractivity contribution in [2.45, 2.75) is 6.61 Å². The number of imidazole rings is 1. The van der Waals surface area contributed by atoms with Crippen molar-refractivity contribution in [3.63, 3.8) is 0 Å². The second-order valence-electron chi connectivity index (χ2n) is 4.72. The molecule has 0 aliphatic carbocycles. The van der Waals surface area contributed by atoms with E-state index in [4.69, 9.17) is 4.74 Å². The molecule has 0 aliphatic heterocycles. The molecule has 0 fully saturated rings. The number of methoxy groups -OCH3 is 1. The largest absolute Gasteiger partial charge is 0.378 e. The summed E-state index contributed by atoms with van der Waals surface area (Å²) in [7, 11) is 1.64. The van der Waals surface area contributed by atoms with E-state index in [0.717, 1.165) is 22.5 Å².